The molecule has 6 nitrogen and oxygen atoms in total. The predicted molar refractivity (Wildman–Crippen MR) is 117 cm³/mol. The molecule has 0 spiro atoms. The van der Waals surface area contributed by atoms with E-state index in [0.29, 0.717) is 5.69 Å². The third kappa shape index (κ3) is 5.33. The normalized spacial score (nSPS) is 12.8. The molecule has 1 aromatic heterocycles. The zero-order valence-electron chi connectivity index (χ0n) is 17.0. The molecule has 0 saturated heterocycles. The van der Waals surface area contributed by atoms with E-state index in [1.807, 2.05) is 39.0 Å². The number of aryl methyl sites for hydroxylation is 1. The monoisotopic (exact) mass is 423 g/mol. The van der Waals surface area contributed by atoms with Crippen LogP contribution < -0.4 is 14.9 Å². The fourth-order valence-corrected chi connectivity index (χ4v) is 5.27. The molecule has 154 valence electrons. The van der Waals surface area contributed by atoms with E-state index in [1.165, 1.54) is 6.07 Å². The number of nitrogens with zero attached hydrogens (tertiary/aromatic N) is 1. The first-order chi connectivity index (χ1) is 13.2. The van der Waals surface area contributed by atoms with Crippen molar-refractivity contribution in [2.45, 2.75) is 44.9 Å². The highest BCUT2D eigenvalue weighted by atomic mass is 32.2. The molecule has 0 saturated carbocycles. The van der Waals surface area contributed by atoms with Crippen molar-refractivity contribution >= 4 is 38.6 Å². The van der Waals surface area contributed by atoms with Crippen LogP contribution in [0.15, 0.2) is 39.9 Å². The molecular weight excluding hydrogens is 394 g/mol. The molecule has 1 aromatic carbocycles. The Kier molecular flexibility index (Phi) is 7.63. The molecule has 0 unspecified atom stereocenters. The molecule has 28 heavy (non-hydrogen) atoms. The smallest absolute Gasteiger partial charge is 0.250 e. The Bertz CT molecular complexity index is 889. The number of sulfonamides is 1. The molecule has 1 heterocycles. The third-order valence-corrected chi connectivity index (χ3v) is 7.43. The Morgan fingerprint density at radius 3 is 2.36 bits per heavy atom. The third-order valence-electron chi connectivity index (χ3n) is 4.59. The van der Waals surface area contributed by atoms with Crippen LogP contribution in [0.4, 0.5) is 11.4 Å². The number of anilines is 2. The fraction of sp³-hybridized carbons (Fsp3) is 0.450. The summed E-state index contributed by atoms with van der Waals surface area (Å²) in [5, 5.41) is 4.57. The lowest BCUT2D eigenvalue weighted by Crippen LogP contribution is -2.46. The van der Waals surface area contributed by atoms with Crippen molar-refractivity contribution in [2.75, 3.05) is 23.3 Å². The van der Waals surface area contributed by atoms with E-state index in [1.54, 1.807) is 11.4 Å². The molecule has 0 fully saturated rings. The molecule has 8 heteroatoms. The van der Waals surface area contributed by atoms with Crippen molar-refractivity contribution in [3.8, 4) is 0 Å². The maximum absolute atomic E-state index is 12.8. The van der Waals surface area contributed by atoms with Gasteiger partial charge in [-0.25, -0.2) is 8.42 Å². The molecule has 0 aliphatic heterocycles. The van der Waals surface area contributed by atoms with E-state index in [4.69, 9.17) is 0 Å². The van der Waals surface area contributed by atoms with Crippen LogP contribution >= 0.6 is 11.3 Å². The van der Waals surface area contributed by atoms with Crippen LogP contribution in [0.3, 0.4) is 0 Å². The van der Waals surface area contributed by atoms with E-state index in [2.05, 4.69) is 28.8 Å². The highest BCUT2D eigenvalue weighted by Gasteiger charge is 2.29. The minimum atomic E-state index is -3.73. The van der Waals surface area contributed by atoms with Crippen LogP contribution in [0.5, 0.6) is 0 Å². The van der Waals surface area contributed by atoms with Crippen molar-refractivity contribution in [1.29, 1.82) is 0 Å². The van der Waals surface area contributed by atoms with Crippen LogP contribution in [0.1, 0.15) is 33.3 Å². The second-order valence-electron chi connectivity index (χ2n) is 6.94. The van der Waals surface area contributed by atoms with Crippen molar-refractivity contribution in [3.05, 3.63) is 41.3 Å². The summed E-state index contributed by atoms with van der Waals surface area (Å²) in [6, 6.07) is 8.20. The fourth-order valence-electron chi connectivity index (χ4n) is 2.92. The van der Waals surface area contributed by atoms with Gasteiger partial charge in [0, 0.05) is 24.5 Å². The zero-order valence-corrected chi connectivity index (χ0v) is 18.7. The van der Waals surface area contributed by atoms with E-state index in [-0.39, 0.29) is 16.0 Å². The molecule has 1 atom stereocenters. The Morgan fingerprint density at radius 1 is 1.18 bits per heavy atom. The molecule has 0 bridgehead atoms. The topological polar surface area (TPSA) is 78.5 Å². The van der Waals surface area contributed by atoms with E-state index in [9.17, 15) is 13.2 Å². The molecular formula is C20H29N3O3S2. The van der Waals surface area contributed by atoms with Gasteiger partial charge in [-0.1, -0.05) is 19.9 Å². The number of hydrogen-bond donors (Lipinski definition) is 2. The van der Waals surface area contributed by atoms with Gasteiger partial charge < -0.3 is 10.2 Å². The lowest BCUT2D eigenvalue weighted by atomic mass is 10.0. The number of carbonyl (C=O) groups is 1. The number of thiophene rings is 1. The minimum absolute atomic E-state index is 0.200. The highest BCUT2D eigenvalue weighted by molar-refractivity contribution is 7.91. The molecule has 0 aliphatic rings. The summed E-state index contributed by atoms with van der Waals surface area (Å²) in [6.07, 6.45) is 0. The Labute approximate surface area is 172 Å². The summed E-state index contributed by atoms with van der Waals surface area (Å²) >= 11 is 1.12. The molecule has 2 rings (SSSR count). The van der Waals surface area contributed by atoms with E-state index in [0.717, 1.165) is 35.7 Å². The van der Waals surface area contributed by atoms with Gasteiger partial charge in [0.2, 0.25) is 5.91 Å². The summed E-state index contributed by atoms with van der Waals surface area (Å²) < 4.78 is 27.8. The molecule has 0 radical (unpaired) electrons. The number of nitrogens with one attached hydrogen (secondary N) is 2. The molecule has 2 aromatic rings. The van der Waals surface area contributed by atoms with Crippen molar-refractivity contribution in [2.24, 2.45) is 5.92 Å². The van der Waals surface area contributed by atoms with Gasteiger partial charge in [0.05, 0.1) is 0 Å². The average Bonchev–Trinajstić information content (AvgIpc) is 3.18. The Morgan fingerprint density at radius 2 is 1.86 bits per heavy atom. The van der Waals surface area contributed by atoms with Crippen LogP contribution in [0.2, 0.25) is 0 Å². The molecule has 2 N–H and O–H groups in total. The maximum atomic E-state index is 12.8. The van der Waals surface area contributed by atoms with Gasteiger partial charge in [-0.2, -0.15) is 4.72 Å². The van der Waals surface area contributed by atoms with E-state index >= 15 is 0 Å². The molecule has 0 aliphatic carbocycles. The van der Waals surface area contributed by atoms with Gasteiger partial charge >= 0.3 is 0 Å². The largest absolute Gasteiger partial charge is 0.372 e. The first-order valence-electron chi connectivity index (χ1n) is 9.41. The van der Waals surface area contributed by atoms with Crippen LogP contribution in [0.25, 0.3) is 0 Å². The van der Waals surface area contributed by atoms with E-state index < -0.39 is 16.1 Å². The summed E-state index contributed by atoms with van der Waals surface area (Å²) in [5.74, 6) is -0.571. The standard InChI is InChI=1S/C20H29N3O3S2/c1-6-23(7-2)16-10-11-17(15(5)13-16)21-20(24)19(14(3)4)22-28(25,26)18-9-8-12-27-18/h8-14,19,22H,6-7H2,1-5H3,(H,21,24)/t19-/m1/s1. The number of benzene rings is 1. The predicted octanol–water partition coefficient (Wildman–Crippen LogP) is 3.84. The SMILES string of the molecule is CCN(CC)c1ccc(NC(=O)[C@H](NS(=O)(=O)c2cccs2)C(C)C)c(C)c1. The van der Waals surface area contributed by atoms with Gasteiger partial charge in [0.15, 0.2) is 0 Å². The maximum Gasteiger partial charge on any atom is 0.250 e. The number of amides is 1. The lowest BCUT2D eigenvalue weighted by Gasteiger charge is -2.24. The zero-order chi connectivity index (χ0) is 20.9. The quantitative estimate of drug-likeness (QED) is 0.642. The van der Waals surface area contributed by atoms with Crippen molar-refractivity contribution in [1.82, 2.24) is 4.72 Å². The summed E-state index contributed by atoms with van der Waals surface area (Å²) in [5.41, 5.74) is 2.71. The Balaban J connectivity index is 2.19. The van der Waals surface area contributed by atoms with Gasteiger partial charge in [0.25, 0.3) is 10.0 Å². The average molecular weight is 424 g/mol. The molecule has 1 amide bonds. The number of rotatable bonds is 9. The summed E-state index contributed by atoms with van der Waals surface area (Å²) in [6.45, 7) is 11.6. The van der Waals surface area contributed by atoms with Crippen molar-refractivity contribution < 1.29 is 13.2 Å². The summed E-state index contributed by atoms with van der Waals surface area (Å²) in [7, 11) is -3.73. The minimum Gasteiger partial charge on any atom is -0.372 e. The Hall–Kier alpha value is -1.90. The van der Waals surface area contributed by atoms with Gasteiger partial charge in [-0.05, 0) is 61.9 Å². The first-order valence-corrected chi connectivity index (χ1v) is 11.8. The van der Waals surface area contributed by atoms with Crippen molar-refractivity contribution in [3.63, 3.8) is 0 Å². The second kappa shape index (κ2) is 9.54. The van der Waals surface area contributed by atoms with Crippen LogP contribution in [-0.2, 0) is 14.8 Å². The summed E-state index contributed by atoms with van der Waals surface area (Å²) in [4.78, 5) is 15.1. The van der Waals surface area contributed by atoms with Gasteiger partial charge in [-0.15, -0.1) is 11.3 Å². The number of hydrogen-bond acceptors (Lipinski definition) is 5. The highest BCUT2D eigenvalue weighted by Crippen LogP contribution is 2.24. The second-order valence-corrected chi connectivity index (χ2v) is 9.82. The van der Waals surface area contributed by atoms with Gasteiger partial charge in [-0.3, -0.25) is 4.79 Å². The van der Waals surface area contributed by atoms with Crippen LogP contribution in [0, 0.1) is 12.8 Å². The lowest BCUT2D eigenvalue weighted by molar-refractivity contribution is -0.118. The van der Waals surface area contributed by atoms with Crippen LogP contribution in [-0.4, -0.2) is 33.5 Å². The number of carbonyl (C=O) groups excluding carboxylic acids is 1. The first kappa shape index (κ1) is 22.4. The van der Waals surface area contributed by atoms with Gasteiger partial charge in [0.1, 0.15) is 10.3 Å².